The van der Waals surface area contributed by atoms with Crippen LogP contribution in [0.4, 0.5) is 5.69 Å². The highest BCUT2D eigenvalue weighted by molar-refractivity contribution is 6.04. The van der Waals surface area contributed by atoms with Crippen molar-refractivity contribution in [3.05, 3.63) is 65.2 Å². The van der Waals surface area contributed by atoms with Crippen LogP contribution in [0.25, 0.3) is 0 Å². The van der Waals surface area contributed by atoms with Crippen LogP contribution in [-0.4, -0.2) is 37.5 Å². The number of fused-ring (bicyclic) bond motifs is 1. The smallest absolute Gasteiger partial charge is 0.337 e. The van der Waals surface area contributed by atoms with Gasteiger partial charge in [0, 0.05) is 17.8 Å². The van der Waals surface area contributed by atoms with Crippen molar-refractivity contribution in [1.29, 1.82) is 0 Å². The van der Waals surface area contributed by atoms with E-state index in [1.807, 2.05) is 19.9 Å². The summed E-state index contributed by atoms with van der Waals surface area (Å²) in [7, 11) is 1.34. The highest BCUT2D eigenvalue weighted by atomic mass is 16.5. The maximum Gasteiger partial charge on any atom is 0.337 e. The number of esters is 1. The molecule has 2 aromatic rings. The number of ether oxygens (including phenoxy) is 1. The number of anilines is 1. The molecule has 29 heavy (non-hydrogen) atoms. The number of carbonyl (C=O) groups is 3. The fraction of sp³-hybridized carbons (Fsp3) is 0.348. The first kappa shape index (κ1) is 20.6. The molecular formula is C23H26N2O4. The number of hydrogen-bond donors (Lipinski definition) is 1. The van der Waals surface area contributed by atoms with Crippen LogP contribution in [0.15, 0.2) is 48.5 Å². The lowest BCUT2D eigenvalue weighted by Gasteiger charge is -2.28. The van der Waals surface area contributed by atoms with Crippen molar-refractivity contribution >= 4 is 23.5 Å². The maximum atomic E-state index is 13.4. The molecule has 2 unspecified atom stereocenters. The van der Waals surface area contributed by atoms with Gasteiger partial charge in [-0.25, -0.2) is 4.79 Å². The van der Waals surface area contributed by atoms with Crippen molar-refractivity contribution < 1.29 is 19.1 Å². The van der Waals surface area contributed by atoms with Gasteiger partial charge in [0.05, 0.1) is 12.7 Å². The molecule has 1 heterocycles. The highest BCUT2D eigenvalue weighted by Gasteiger charge is 2.34. The van der Waals surface area contributed by atoms with Crippen LogP contribution in [0, 0.1) is 5.92 Å². The molecule has 3 rings (SSSR count). The Bertz CT molecular complexity index is 910. The number of nitrogens with one attached hydrogen (secondary N) is 1. The van der Waals surface area contributed by atoms with E-state index in [0.717, 1.165) is 17.7 Å². The Morgan fingerprint density at radius 1 is 1.10 bits per heavy atom. The molecule has 0 saturated carbocycles. The second-order valence-electron chi connectivity index (χ2n) is 7.28. The third kappa shape index (κ3) is 4.31. The Hall–Kier alpha value is -3.15. The average molecular weight is 394 g/mol. The van der Waals surface area contributed by atoms with Crippen molar-refractivity contribution in [2.45, 2.75) is 32.7 Å². The summed E-state index contributed by atoms with van der Waals surface area (Å²) >= 11 is 0. The largest absolute Gasteiger partial charge is 0.465 e. The summed E-state index contributed by atoms with van der Waals surface area (Å²) in [4.78, 5) is 39.5. The van der Waals surface area contributed by atoms with E-state index in [1.165, 1.54) is 7.11 Å². The Kier molecular flexibility index (Phi) is 6.32. The fourth-order valence-corrected chi connectivity index (χ4v) is 3.54. The molecule has 6 heteroatoms. The van der Waals surface area contributed by atoms with Gasteiger partial charge in [0.15, 0.2) is 0 Å². The molecule has 2 amide bonds. The van der Waals surface area contributed by atoms with E-state index in [4.69, 9.17) is 4.74 Å². The van der Waals surface area contributed by atoms with E-state index in [1.54, 1.807) is 47.4 Å². The Balaban J connectivity index is 1.83. The SMILES string of the molecule is CCC(C)C(NC(=O)c1ccccc1)C(=O)N1CCc2cc(C(=O)OC)ccc21. The van der Waals surface area contributed by atoms with Crippen molar-refractivity contribution in [3.63, 3.8) is 0 Å². The minimum atomic E-state index is -0.626. The van der Waals surface area contributed by atoms with E-state index in [2.05, 4.69) is 5.32 Å². The van der Waals surface area contributed by atoms with Crippen LogP contribution in [0.2, 0.25) is 0 Å². The third-order valence-corrected chi connectivity index (χ3v) is 5.46. The summed E-state index contributed by atoms with van der Waals surface area (Å²) in [5, 5.41) is 2.93. The first-order valence-electron chi connectivity index (χ1n) is 9.84. The standard InChI is InChI=1S/C23H26N2O4/c1-4-15(2)20(24-21(26)16-8-6-5-7-9-16)22(27)25-13-12-17-14-18(23(28)29-3)10-11-19(17)25/h5-11,14-15,20H,4,12-13H2,1-3H3,(H,24,26). The van der Waals surface area contributed by atoms with Gasteiger partial charge in [0.1, 0.15) is 6.04 Å². The normalized spacial score (nSPS) is 14.7. The first-order chi connectivity index (χ1) is 14.0. The van der Waals surface area contributed by atoms with E-state index in [-0.39, 0.29) is 17.7 Å². The average Bonchev–Trinajstić information content (AvgIpc) is 3.19. The zero-order valence-electron chi connectivity index (χ0n) is 17.0. The minimum absolute atomic E-state index is 0.0199. The van der Waals surface area contributed by atoms with Crippen LogP contribution in [0.1, 0.15) is 46.5 Å². The minimum Gasteiger partial charge on any atom is -0.465 e. The van der Waals surface area contributed by atoms with Crippen LogP contribution >= 0.6 is 0 Å². The van der Waals surface area contributed by atoms with Crippen molar-refractivity contribution in [3.8, 4) is 0 Å². The molecule has 1 aliphatic rings. The summed E-state index contributed by atoms with van der Waals surface area (Å²) < 4.78 is 4.77. The monoisotopic (exact) mass is 394 g/mol. The fourth-order valence-electron chi connectivity index (χ4n) is 3.54. The molecular weight excluding hydrogens is 368 g/mol. The molecule has 2 aromatic carbocycles. The number of nitrogens with zero attached hydrogens (tertiary/aromatic N) is 1. The van der Waals surface area contributed by atoms with Gasteiger partial charge in [-0.05, 0) is 48.2 Å². The summed E-state index contributed by atoms with van der Waals surface area (Å²) in [6, 6.07) is 13.5. The van der Waals surface area contributed by atoms with E-state index < -0.39 is 12.0 Å². The van der Waals surface area contributed by atoms with E-state index >= 15 is 0 Å². The molecule has 2 atom stereocenters. The molecule has 0 saturated heterocycles. The maximum absolute atomic E-state index is 13.4. The van der Waals surface area contributed by atoms with Crippen LogP contribution in [0.3, 0.4) is 0 Å². The van der Waals surface area contributed by atoms with Gasteiger partial charge in [-0.2, -0.15) is 0 Å². The third-order valence-electron chi connectivity index (χ3n) is 5.46. The number of amides is 2. The van der Waals surface area contributed by atoms with Crippen molar-refractivity contribution in [1.82, 2.24) is 5.32 Å². The summed E-state index contributed by atoms with van der Waals surface area (Å²) in [6.07, 6.45) is 1.42. The number of rotatable bonds is 6. The van der Waals surface area contributed by atoms with Gasteiger partial charge in [-0.15, -0.1) is 0 Å². The lowest BCUT2D eigenvalue weighted by molar-refractivity contribution is -0.121. The van der Waals surface area contributed by atoms with Gasteiger partial charge < -0.3 is 15.0 Å². The van der Waals surface area contributed by atoms with Crippen molar-refractivity contribution in [2.75, 3.05) is 18.6 Å². The lowest BCUT2D eigenvalue weighted by atomic mass is 9.97. The Morgan fingerprint density at radius 3 is 2.48 bits per heavy atom. The summed E-state index contributed by atoms with van der Waals surface area (Å²) in [5.41, 5.74) is 2.71. The first-order valence-corrected chi connectivity index (χ1v) is 9.84. The predicted octanol–water partition coefficient (Wildman–Crippen LogP) is 3.21. The van der Waals surface area contributed by atoms with E-state index in [0.29, 0.717) is 24.1 Å². The zero-order chi connectivity index (χ0) is 21.0. The van der Waals surface area contributed by atoms with Gasteiger partial charge in [-0.1, -0.05) is 38.5 Å². The molecule has 0 bridgehead atoms. The second kappa shape index (κ2) is 8.90. The predicted molar refractivity (Wildman–Crippen MR) is 111 cm³/mol. The van der Waals surface area contributed by atoms with Crippen LogP contribution < -0.4 is 10.2 Å². The molecule has 0 spiro atoms. The zero-order valence-corrected chi connectivity index (χ0v) is 17.0. The number of hydrogen-bond acceptors (Lipinski definition) is 4. The molecule has 152 valence electrons. The second-order valence-corrected chi connectivity index (χ2v) is 7.28. The summed E-state index contributed by atoms with van der Waals surface area (Å²) in [6.45, 7) is 4.48. The number of carbonyl (C=O) groups excluding carboxylic acids is 3. The molecule has 0 fully saturated rings. The topological polar surface area (TPSA) is 75.7 Å². The number of benzene rings is 2. The molecule has 0 aromatic heterocycles. The lowest BCUT2D eigenvalue weighted by Crippen LogP contribution is -2.51. The Labute approximate surface area is 170 Å². The quantitative estimate of drug-likeness (QED) is 0.764. The van der Waals surface area contributed by atoms with Gasteiger partial charge in [0.2, 0.25) is 5.91 Å². The highest BCUT2D eigenvalue weighted by Crippen LogP contribution is 2.30. The molecule has 0 aliphatic carbocycles. The van der Waals surface area contributed by atoms with E-state index in [9.17, 15) is 14.4 Å². The van der Waals surface area contributed by atoms with Crippen LogP contribution in [-0.2, 0) is 16.0 Å². The molecule has 1 N–H and O–H groups in total. The number of methoxy groups -OCH3 is 1. The van der Waals surface area contributed by atoms with Crippen molar-refractivity contribution in [2.24, 2.45) is 5.92 Å². The molecule has 0 radical (unpaired) electrons. The summed E-state index contributed by atoms with van der Waals surface area (Å²) in [5.74, 6) is -0.809. The van der Waals surface area contributed by atoms with Crippen LogP contribution in [0.5, 0.6) is 0 Å². The molecule has 1 aliphatic heterocycles. The van der Waals surface area contributed by atoms with Gasteiger partial charge >= 0.3 is 5.97 Å². The molecule has 6 nitrogen and oxygen atoms in total. The Morgan fingerprint density at radius 2 is 1.83 bits per heavy atom. The van der Waals surface area contributed by atoms with Gasteiger partial charge in [-0.3, -0.25) is 9.59 Å². The van der Waals surface area contributed by atoms with Gasteiger partial charge in [0.25, 0.3) is 5.91 Å².